The first-order chi connectivity index (χ1) is 10.3. The van der Waals surface area contributed by atoms with E-state index >= 15 is 0 Å². The Balaban J connectivity index is 1.78. The molecule has 3 heteroatoms. The maximum atomic E-state index is 6.11. The van der Waals surface area contributed by atoms with Gasteiger partial charge in [-0.1, -0.05) is 18.2 Å². The van der Waals surface area contributed by atoms with Gasteiger partial charge < -0.3 is 14.8 Å². The van der Waals surface area contributed by atoms with Gasteiger partial charge in [-0.05, 0) is 49.9 Å². The Kier molecular flexibility index (Phi) is 4.29. The van der Waals surface area contributed by atoms with Crippen LogP contribution in [0, 0.1) is 0 Å². The lowest BCUT2D eigenvalue weighted by atomic mass is 10.2. The van der Waals surface area contributed by atoms with Crippen molar-refractivity contribution in [2.45, 2.75) is 31.8 Å². The summed E-state index contributed by atoms with van der Waals surface area (Å²) in [7, 11) is 1.68. The molecule has 0 spiro atoms. The van der Waals surface area contributed by atoms with Crippen molar-refractivity contribution < 1.29 is 9.47 Å². The smallest absolute Gasteiger partial charge is 0.163 e. The molecule has 1 saturated carbocycles. The summed E-state index contributed by atoms with van der Waals surface area (Å²) in [5, 5.41) is 3.38. The minimum absolute atomic E-state index is 0.325. The van der Waals surface area contributed by atoms with Gasteiger partial charge in [0, 0.05) is 17.4 Å². The van der Waals surface area contributed by atoms with Crippen molar-refractivity contribution >= 4 is 11.4 Å². The molecule has 0 unspecified atom stereocenters. The van der Waals surface area contributed by atoms with E-state index in [1.165, 1.54) is 12.8 Å². The van der Waals surface area contributed by atoms with Gasteiger partial charge in [-0.2, -0.15) is 0 Å². The molecule has 1 aliphatic carbocycles. The zero-order valence-corrected chi connectivity index (χ0v) is 12.3. The lowest BCUT2D eigenvalue weighted by Crippen LogP contribution is -2.11. The van der Waals surface area contributed by atoms with E-state index in [2.05, 4.69) is 5.32 Å². The largest absolute Gasteiger partial charge is 0.493 e. The van der Waals surface area contributed by atoms with Crippen molar-refractivity contribution in [1.29, 1.82) is 0 Å². The summed E-state index contributed by atoms with van der Waals surface area (Å²) in [5.74, 6) is 1.62. The molecule has 0 heterocycles. The van der Waals surface area contributed by atoms with Crippen LogP contribution in [0.1, 0.15) is 25.7 Å². The Morgan fingerprint density at radius 2 is 1.67 bits per heavy atom. The molecule has 2 aromatic carbocycles. The third-order valence-corrected chi connectivity index (χ3v) is 3.82. The molecular formula is C18H21NO2. The number of para-hydroxylation sites is 1. The Labute approximate surface area is 125 Å². The molecule has 2 aromatic rings. The highest BCUT2D eigenvalue weighted by atomic mass is 16.5. The molecule has 0 radical (unpaired) electrons. The monoisotopic (exact) mass is 283 g/mol. The second-order valence-electron chi connectivity index (χ2n) is 5.38. The minimum atomic E-state index is 0.325. The molecular weight excluding hydrogens is 262 g/mol. The van der Waals surface area contributed by atoms with Crippen LogP contribution in [0.15, 0.2) is 48.5 Å². The van der Waals surface area contributed by atoms with Crippen molar-refractivity contribution in [3.05, 3.63) is 48.5 Å². The summed E-state index contributed by atoms with van der Waals surface area (Å²) >= 11 is 0. The lowest BCUT2D eigenvalue weighted by Gasteiger charge is -2.17. The summed E-state index contributed by atoms with van der Waals surface area (Å²) in [4.78, 5) is 0. The molecule has 21 heavy (non-hydrogen) atoms. The first-order valence-electron chi connectivity index (χ1n) is 7.52. The minimum Gasteiger partial charge on any atom is -0.493 e. The molecule has 1 fully saturated rings. The van der Waals surface area contributed by atoms with Crippen LogP contribution in [-0.4, -0.2) is 13.2 Å². The maximum Gasteiger partial charge on any atom is 0.163 e. The van der Waals surface area contributed by atoms with Gasteiger partial charge in [-0.3, -0.25) is 0 Å². The van der Waals surface area contributed by atoms with Gasteiger partial charge in [0.2, 0.25) is 0 Å². The third kappa shape index (κ3) is 3.48. The van der Waals surface area contributed by atoms with E-state index < -0.39 is 0 Å². The SMILES string of the molecule is COc1ccc(Nc2ccccc2)cc1OC1CCCC1. The fourth-order valence-electron chi connectivity index (χ4n) is 2.72. The number of ether oxygens (including phenoxy) is 2. The molecule has 1 N–H and O–H groups in total. The van der Waals surface area contributed by atoms with Crippen LogP contribution >= 0.6 is 0 Å². The van der Waals surface area contributed by atoms with Crippen molar-refractivity contribution in [3.8, 4) is 11.5 Å². The quantitative estimate of drug-likeness (QED) is 0.858. The third-order valence-electron chi connectivity index (χ3n) is 3.82. The molecule has 0 amide bonds. The summed E-state index contributed by atoms with van der Waals surface area (Å²) in [6.45, 7) is 0. The van der Waals surface area contributed by atoms with Gasteiger partial charge in [0.05, 0.1) is 13.2 Å². The molecule has 0 bridgehead atoms. The van der Waals surface area contributed by atoms with Gasteiger partial charge in [0.25, 0.3) is 0 Å². The maximum absolute atomic E-state index is 6.11. The van der Waals surface area contributed by atoms with Gasteiger partial charge in [0.1, 0.15) is 0 Å². The number of hydrogen-bond acceptors (Lipinski definition) is 3. The number of anilines is 2. The molecule has 3 rings (SSSR count). The average Bonchev–Trinajstić information content (AvgIpc) is 3.02. The fraction of sp³-hybridized carbons (Fsp3) is 0.333. The van der Waals surface area contributed by atoms with Crippen molar-refractivity contribution in [2.75, 3.05) is 12.4 Å². The van der Waals surface area contributed by atoms with Gasteiger partial charge >= 0.3 is 0 Å². The highest BCUT2D eigenvalue weighted by molar-refractivity contribution is 5.63. The van der Waals surface area contributed by atoms with Gasteiger partial charge in [-0.25, -0.2) is 0 Å². The Morgan fingerprint density at radius 1 is 0.905 bits per heavy atom. The predicted molar refractivity (Wildman–Crippen MR) is 85.6 cm³/mol. The van der Waals surface area contributed by atoms with E-state index in [0.29, 0.717) is 6.10 Å². The molecule has 3 nitrogen and oxygen atoms in total. The number of methoxy groups -OCH3 is 1. The van der Waals surface area contributed by atoms with E-state index in [1.807, 2.05) is 48.5 Å². The Bertz CT molecular complexity index is 577. The first kappa shape index (κ1) is 13.8. The van der Waals surface area contributed by atoms with Crippen LogP contribution in [0.4, 0.5) is 11.4 Å². The summed E-state index contributed by atoms with van der Waals surface area (Å²) in [6.07, 6.45) is 5.12. The summed E-state index contributed by atoms with van der Waals surface area (Å²) in [6, 6.07) is 16.1. The molecule has 0 aliphatic heterocycles. The van der Waals surface area contributed by atoms with Crippen LogP contribution in [0.2, 0.25) is 0 Å². The molecule has 110 valence electrons. The van der Waals surface area contributed by atoms with Crippen molar-refractivity contribution in [3.63, 3.8) is 0 Å². The first-order valence-corrected chi connectivity index (χ1v) is 7.52. The normalized spacial score (nSPS) is 14.9. The number of nitrogens with one attached hydrogen (secondary N) is 1. The van der Waals surface area contributed by atoms with Crippen LogP contribution in [0.3, 0.4) is 0 Å². The second-order valence-corrected chi connectivity index (χ2v) is 5.38. The molecule has 0 atom stereocenters. The highest BCUT2D eigenvalue weighted by Gasteiger charge is 2.18. The van der Waals surface area contributed by atoms with Crippen LogP contribution < -0.4 is 14.8 Å². The molecule has 1 aliphatic rings. The van der Waals surface area contributed by atoms with Gasteiger partial charge in [0.15, 0.2) is 11.5 Å². The van der Waals surface area contributed by atoms with E-state index in [-0.39, 0.29) is 0 Å². The Morgan fingerprint density at radius 3 is 2.38 bits per heavy atom. The van der Waals surface area contributed by atoms with Gasteiger partial charge in [-0.15, -0.1) is 0 Å². The number of benzene rings is 2. The standard InChI is InChI=1S/C18H21NO2/c1-20-17-12-11-15(19-14-7-3-2-4-8-14)13-18(17)21-16-9-5-6-10-16/h2-4,7-8,11-13,16,19H,5-6,9-10H2,1H3. The topological polar surface area (TPSA) is 30.5 Å². The van der Waals surface area contributed by atoms with E-state index in [1.54, 1.807) is 7.11 Å². The number of rotatable bonds is 5. The van der Waals surface area contributed by atoms with Crippen LogP contribution in [0.5, 0.6) is 11.5 Å². The average molecular weight is 283 g/mol. The van der Waals surface area contributed by atoms with Crippen molar-refractivity contribution in [1.82, 2.24) is 0 Å². The fourth-order valence-corrected chi connectivity index (χ4v) is 2.72. The van der Waals surface area contributed by atoms with E-state index in [0.717, 1.165) is 35.7 Å². The zero-order valence-electron chi connectivity index (χ0n) is 12.3. The second kappa shape index (κ2) is 6.53. The highest BCUT2D eigenvalue weighted by Crippen LogP contribution is 2.34. The van der Waals surface area contributed by atoms with E-state index in [9.17, 15) is 0 Å². The predicted octanol–water partition coefficient (Wildman–Crippen LogP) is 4.76. The molecule has 0 saturated heterocycles. The van der Waals surface area contributed by atoms with E-state index in [4.69, 9.17) is 9.47 Å². The Hall–Kier alpha value is -2.16. The van der Waals surface area contributed by atoms with Crippen molar-refractivity contribution in [2.24, 2.45) is 0 Å². The molecule has 0 aromatic heterocycles. The summed E-state index contributed by atoms with van der Waals surface area (Å²) in [5.41, 5.74) is 2.07. The van der Waals surface area contributed by atoms with Crippen LogP contribution in [-0.2, 0) is 0 Å². The zero-order chi connectivity index (χ0) is 14.5. The number of hydrogen-bond donors (Lipinski definition) is 1. The summed E-state index contributed by atoms with van der Waals surface area (Å²) < 4.78 is 11.5. The lowest BCUT2D eigenvalue weighted by molar-refractivity contribution is 0.201. The van der Waals surface area contributed by atoms with Crippen LogP contribution in [0.25, 0.3) is 0 Å².